The van der Waals surface area contributed by atoms with E-state index in [2.05, 4.69) is 15.5 Å². The van der Waals surface area contributed by atoms with Gasteiger partial charge in [-0.15, -0.1) is 0 Å². The first-order chi connectivity index (χ1) is 16.5. The molecular weight excluding hydrogens is 457 g/mol. The second-order valence-corrected chi connectivity index (χ2v) is 8.46. The molecule has 3 aromatic rings. The number of carbonyl (C=O) groups is 2. The Balaban J connectivity index is 1.44. The number of rotatable bonds is 8. The highest BCUT2D eigenvalue weighted by Crippen LogP contribution is 2.28. The zero-order chi connectivity index (χ0) is 23.9. The number of carbonyl (C=O) groups excluding carboxylic acids is 2. The summed E-state index contributed by atoms with van der Waals surface area (Å²) in [6, 6.07) is 18.0. The van der Waals surface area contributed by atoms with Gasteiger partial charge in [0.15, 0.2) is 6.61 Å². The molecule has 0 aliphatic carbocycles. The van der Waals surface area contributed by atoms with Crippen molar-refractivity contribution in [3.8, 4) is 5.75 Å². The van der Waals surface area contributed by atoms with E-state index in [1.807, 2.05) is 6.07 Å². The third-order valence-corrected chi connectivity index (χ3v) is 5.77. The first kappa shape index (κ1) is 23.6. The van der Waals surface area contributed by atoms with Crippen LogP contribution in [0.3, 0.4) is 0 Å². The van der Waals surface area contributed by atoms with Gasteiger partial charge >= 0.3 is 0 Å². The highest BCUT2D eigenvalue weighted by Gasteiger charge is 2.20. The van der Waals surface area contributed by atoms with E-state index in [0.717, 1.165) is 37.2 Å². The SMILES string of the molecule is O=C(COc1ccc(Cl)cc1)Nc1ccc(N2CCCC2)c(C(=O)NCc2ccc(F)cc2)c1. The van der Waals surface area contributed by atoms with Crippen molar-refractivity contribution in [2.24, 2.45) is 0 Å². The normalized spacial score (nSPS) is 12.9. The maximum atomic E-state index is 13.2. The van der Waals surface area contributed by atoms with Crippen molar-refractivity contribution in [3.05, 3.63) is 88.7 Å². The monoisotopic (exact) mass is 481 g/mol. The third-order valence-electron chi connectivity index (χ3n) is 5.52. The molecular formula is C26H25ClFN3O3. The van der Waals surface area contributed by atoms with Crippen LogP contribution in [0.25, 0.3) is 0 Å². The van der Waals surface area contributed by atoms with Crippen LogP contribution in [-0.2, 0) is 11.3 Å². The van der Waals surface area contributed by atoms with Crippen molar-refractivity contribution in [1.82, 2.24) is 5.32 Å². The molecule has 0 spiro atoms. The molecule has 0 atom stereocenters. The van der Waals surface area contributed by atoms with Crippen molar-refractivity contribution >= 4 is 34.8 Å². The molecule has 6 nitrogen and oxygen atoms in total. The molecule has 34 heavy (non-hydrogen) atoms. The average molecular weight is 482 g/mol. The lowest BCUT2D eigenvalue weighted by atomic mass is 10.1. The summed E-state index contributed by atoms with van der Waals surface area (Å²) in [7, 11) is 0. The maximum Gasteiger partial charge on any atom is 0.262 e. The smallest absolute Gasteiger partial charge is 0.262 e. The van der Waals surface area contributed by atoms with Gasteiger partial charge in [0.1, 0.15) is 11.6 Å². The van der Waals surface area contributed by atoms with Crippen LogP contribution in [0.5, 0.6) is 5.75 Å². The number of benzene rings is 3. The Morgan fingerprint density at radius 3 is 2.38 bits per heavy atom. The highest BCUT2D eigenvalue weighted by molar-refractivity contribution is 6.30. The fourth-order valence-corrected chi connectivity index (χ4v) is 3.91. The molecule has 0 unspecified atom stereocenters. The molecule has 1 heterocycles. The summed E-state index contributed by atoms with van der Waals surface area (Å²) in [5.41, 5.74) is 2.59. The number of anilines is 2. The fourth-order valence-electron chi connectivity index (χ4n) is 3.79. The van der Waals surface area contributed by atoms with Gasteiger partial charge in [0.05, 0.1) is 5.56 Å². The van der Waals surface area contributed by atoms with Crippen LogP contribution >= 0.6 is 11.6 Å². The molecule has 1 fully saturated rings. The molecule has 1 aliphatic heterocycles. The van der Waals surface area contributed by atoms with Gasteiger partial charge in [-0.1, -0.05) is 23.7 Å². The minimum Gasteiger partial charge on any atom is -0.484 e. The molecule has 0 radical (unpaired) electrons. The van der Waals surface area contributed by atoms with E-state index in [4.69, 9.17) is 16.3 Å². The van der Waals surface area contributed by atoms with Crippen LogP contribution in [0.15, 0.2) is 66.7 Å². The molecule has 176 valence electrons. The zero-order valence-corrected chi connectivity index (χ0v) is 19.3. The summed E-state index contributed by atoms with van der Waals surface area (Å²) in [5, 5.41) is 6.26. The number of hydrogen-bond donors (Lipinski definition) is 2. The predicted octanol–water partition coefficient (Wildman–Crippen LogP) is 5.03. The summed E-state index contributed by atoms with van der Waals surface area (Å²) >= 11 is 5.86. The summed E-state index contributed by atoms with van der Waals surface area (Å²) in [4.78, 5) is 27.7. The molecule has 2 N–H and O–H groups in total. The van der Waals surface area contributed by atoms with E-state index in [-0.39, 0.29) is 30.8 Å². The number of nitrogens with zero attached hydrogens (tertiary/aromatic N) is 1. The van der Waals surface area contributed by atoms with Gasteiger partial charge in [-0.25, -0.2) is 4.39 Å². The molecule has 1 saturated heterocycles. The Bertz CT molecular complexity index is 1150. The van der Waals surface area contributed by atoms with E-state index < -0.39 is 0 Å². The largest absolute Gasteiger partial charge is 0.484 e. The first-order valence-electron chi connectivity index (χ1n) is 11.1. The van der Waals surface area contributed by atoms with Crippen molar-refractivity contribution in [2.75, 3.05) is 29.9 Å². The Hall–Kier alpha value is -3.58. The lowest BCUT2D eigenvalue weighted by Gasteiger charge is -2.22. The molecule has 1 aliphatic rings. The molecule has 8 heteroatoms. The van der Waals surface area contributed by atoms with Gasteiger partial charge in [-0.2, -0.15) is 0 Å². The summed E-state index contributed by atoms with van der Waals surface area (Å²) in [6.07, 6.45) is 2.13. The van der Waals surface area contributed by atoms with E-state index in [1.165, 1.54) is 12.1 Å². The molecule has 0 saturated carbocycles. The number of hydrogen-bond acceptors (Lipinski definition) is 4. The van der Waals surface area contributed by atoms with Crippen molar-refractivity contribution < 1.29 is 18.7 Å². The van der Waals surface area contributed by atoms with Crippen LogP contribution in [0.1, 0.15) is 28.8 Å². The first-order valence-corrected chi connectivity index (χ1v) is 11.5. The van der Waals surface area contributed by atoms with E-state index in [1.54, 1.807) is 48.5 Å². The van der Waals surface area contributed by atoms with Crippen molar-refractivity contribution in [2.45, 2.75) is 19.4 Å². The van der Waals surface area contributed by atoms with E-state index in [0.29, 0.717) is 22.0 Å². The van der Waals surface area contributed by atoms with Gasteiger partial charge in [0.25, 0.3) is 11.8 Å². The van der Waals surface area contributed by atoms with Crippen LogP contribution in [0, 0.1) is 5.82 Å². The summed E-state index contributed by atoms with van der Waals surface area (Å²) in [5.74, 6) is -0.402. The zero-order valence-electron chi connectivity index (χ0n) is 18.5. The number of ether oxygens (including phenoxy) is 1. The standard InChI is InChI=1S/C26H25ClFN3O3/c27-19-5-10-22(11-6-19)34-17-25(32)30-21-9-12-24(31-13-1-2-14-31)23(15-21)26(33)29-16-18-3-7-20(28)8-4-18/h3-12,15H,1-2,13-14,16-17H2,(H,29,33)(H,30,32). The van der Waals surface area contributed by atoms with Gasteiger partial charge in [-0.3, -0.25) is 9.59 Å². The Labute approximate surface area is 202 Å². The summed E-state index contributed by atoms with van der Waals surface area (Å²) in [6.45, 7) is 1.84. The number of nitrogens with one attached hydrogen (secondary N) is 2. The second-order valence-electron chi connectivity index (χ2n) is 8.03. The molecule has 2 amide bonds. The van der Waals surface area contributed by atoms with Gasteiger partial charge in [-0.05, 0) is 73.0 Å². The Morgan fingerprint density at radius 2 is 1.68 bits per heavy atom. The average Bonchev–Trinajstić information content (AvgIpc) is 3.38. The summed E-state index contributed by atoms with van der Waals surface area (Å²) < 4.78 is 18.6. The second kappa shape index (κ2) is 11.0. The van der Waals surface area contributed by atoms with Crippen LogP contribution in [0.2, 0.25) is 5.02 Å². The molecule has 3 aromatic carbocycles. The third kappa shape index (κ3) is 6.26. The number of halogens is 2. The lowest BCUT2D eigenvalue weighted by Crippen LogP contribution is -2.27. The lowest BCUT2D eigenvalue weighted by molar-refractivity contribution is -0.118. The predicted molar refractivity (Wildman–Crippen MR) is 131 cm³/mol. The topological polar surface area (TPSA) is 70.7 Å². The van der Waals surface area contributed by atoms with Crippen molar-refractivity contribution in [1.29, 1.82) is 0 Å². The number of amides is 2. The minimum absolute atomic E-state index is 0.179. The van der Waals surface area contributed by atoms with Gasteiger partial charge < -0.3 is 20.3 Å². The van der Waals surface area contributed by atoms with Crippen LogP contribution in [-0.4, -0.2) is 31.5 Å². The van der Waals surface area contributed by atoms with Gasteiger partial charge in [0, 0.05) is 36.0 Å². The molecule has 4 rings (SSSR count). The Morgan fingerprint density at radius 1 is 0.971 bits per heavy atom. The Kier molecular flexibility index (Phi) is 7.65. The van der Waals surface area contributed by atoms with Gasteiger partial charge in [0.2, 0.25) is 0 Å². The van der Waals surface area contributed by atoms with E-state index >= 15 is 0 Å². The molecule has 0 aromatic heterocycles. The van der Waals surface area contributed by atoms with Crippen molar-refractivity contribution in [3.63, 3.8) is 0 Å². The van der Waals surface area contributed by atoms with E-state index in [9.17, 15) is 14.0 Å². The maximum absolute atomic E-state index is 13.2. The van der Waals surface area contributed by atoms with Crippen LogP contribution in [0.4, 0.5) is 15.8 Å². The fraction of sp³-hybridized carbons (Fsp3) is 0.231. The quantitative estimate of drug-likeness (QED) is 0.473. The van der Waals surface area contributed by atoms with Crippen LogP contribution < -0.4 is 20.3 Å². The molecule has 0 bridgehead atoms. The highest BCUT2D eigenvalue weighted by atomic mass is 35.5. The minimum atomic E-state index is -0.346.